The van der Waals surface area contributed by atoms with Crippen molar-refractivity contribution in [2.24, 2.45) is 0 Å². The molecule has 4 nitrogen and oxygen atoms in total. The largest absolute Gasteiger partial charge is 0.366 e. The van der Waals surface area contributed by atoms with E-state index in [1.807, 2.05) is 4.90 Å². The minimum Gasteiger partial charge on any atom is -0.366 e. The molecule has 0 radical (unpaired) electrons. The van der Waals surface area contributed by atoms with Crippen LogP contribution in [0.1, 0.15) is 30.4 Å². The first kappa shape index (κ1) is 17.3. The minimum absolute atomic E-state index is 0. The number of morpholine rings is 1. The number of carbonyl (C=O) groups excluding carboxylic acids is 1. The lowest BCUT2D eigenvalue weighted by Crippen LogP contribution is -2.50. The Bertz CT molecular complexity index is 517. The molecule has 1 aromatic rings. The van der Waals surface area contributed by atoms with Crippen molar-refractivity contribution < 1.29 is 9.53 Å². The second-order valence-electron chi connectivity index (χ2n) is 6.19. The Morgan fingerprint density at radius 2 is 2.14 bits per heavy atom. The van der Waals surface area contributed by atoms with Gasteiger partial charge < -0.3 is 15.0 Å². The van der Waals surface area contributed by atoms with E-state index in [-0.39, 0.29) is 30.5 Å². The second-order valence-corrected chi connectivity index (χ2v) is 6.19. The number of halogens is 1. The van der Waals surface area contributed by atoms with Crippen molar-refractivity contribution in [1.29, 1.82) is 0 Å². The molecule has 1 amide bonds. The van der Waals surface area contributed by atoms with E-state index in [4.69, 9.17) is 4.74 Å². The summed E-state index contributed by atoms with van der Waals surface area (Å²) in [6.07, 6.45) is 0.730. The van der Waals surface area contributed by atoms with Crippen LogP contribution < -0.4 is 5.32 Å². The van der Waals surface area contributed by atoms with Gasteiger partial charge in [-0.2, -0.15) is 0 Å². The Hall–Kier alpha value is -1.10. The third-order valence-corrected chi connectivity index (χ3v) is 4.69. The first-order valence-corrected chi connectivity index (χ1v) is 7.85. The minimum atomic E-state index is -0.308. The van der Waals surface area contributed by atoms with Crippen LogP contribution in [0.15, 0.2) is 24.3 Å². The summed E-state index contributed by atoms with van der Waals surface area (Å²) in [5.74, 6) is 0.590. The summed E-state index contributed by atoms with van der Waals surface area (Å²) in [5, 5.41) is 3.23. The Morgan fingerprint density at radius 3 is 2.82 bits per heavy atom. The van der Waals surface area contributed by atoms with E-state index in [9.17, 15) is 4.79 Å². The zero-order chi connectivity index (χ0) is 14.8. The molecule has 1 aromatic carbocycles. The van der Waals surface area contributed by atoms with Gasteiger partial charge in [0.2, 0.25) is 0 Å². The molecule has 0 spiro atoms. The Kier molecular flexibility index (Phi) is 5.84. The predicted octanol–water partition coefficient (Wildman–Crippen LogP) is 2.11. The van der Waals surface area contributed by atoms with Crippen LogP contribution in [0.25, 0.3) is 0 Å². The van der Waals surface area contributed by atoms with Crippen LogP contribution in [-0.2, 0) is 9.53 Å². The zero-order valence-electron chi connectivity index (χ0n) is 13.2. The van der Waals surface area contributed by atoms with Crippen LogP contribution in [-0.4, -0.2) is 49.2 Å². The molecular weight excluding hydrogens is 300 g/mol. The number of likely N-dealkylation sites (tertiary alicyclic amines) is 1. The molecule has 3 rings (SSSR count). The summed E-state index contributed by atoms with van der Waals surface area (Å²) in [6.45, 7) is 7.21. The maximum absolute atomic E-state index is 12.6. The zero-order valence-corrected chi connectivity index (χ0v) is 14.1. The van der Waals surface area contributed by atoms with E-state index in [0.717, 1.165) is 19.5 Å². The van der Waals surface area contributed by atoms with Crippen LogP contribution in [0.3, 0.4) is 0 Å². The van der Waals surface area contributed by atoms with Gasteiger partial charge >= 0.3 is 0 Å². The van der Waals surface area contributed by atoms with E-state index in [1.165, 1.54) is 11.1 Å². The number of hydrogen-bond donors (Lipinski definition) is 1. The molecule has 3 atom stereocenters. The van der Waals surface area contributed by atoms with Crippen molar-refractivity contribution in [3.63, 3.8) is 0 Å². The van der Waals surface area contributed by atoms with E-state index >= 15 is 0 Å². The third-order valence-electron chi connectivity index (χ3n) is 4.69. The van der Waals surface area contributed by atoms with Crippen LogP contribution in [0.4, 0.5) is 0 Å². The van der Waals surface area contributed by atoms with Crippen LogP contribution >= 0.6 is 12.4 Å². The number of nitrogens with one attached hydrogen (secondary N) is 1. The SMILES string of the molecule is Cc1ccccc1C1CC(C)N(C(=O)C2CNCCO2)C1.Cl. The molecule has 5 heteroatoms. The van der Waals surface area contributed by atoms with Crippen LogP contribution in [0, 0.1) is 6.92 Å². The van der Waals surface area contributed by atoms with Gasteiger partial charge in [-0.3, -0.25) is 4.79 Å². The van der Waals surface area contributed by atoms with E-state index in [0.29, 0.717) is 19.1 Å². The molecule has 0 bridgehead atoms. The smallest absolute Gasteiger partial charge is 0.253 e. The molecule has 0 aromatic heterocycles. The number of hydrogen-bond acceptors (Lipinski definition) is 3. The van der Waals surface area contributed by atoms with Crippen molar-refractivity contribution in [3.8, 4) is 0 Å². The third kappa shape index (κ3) is 3.45. The lowest BCUT2D eigenvalue weighted by atomic mass is 9.93. The molecule has 22 heavy (non-hydrogen) atoms. The van der Waals surface area contributed by atoms with Crippen molar-refractivity contribution in [2.45, 2.75) is 38.3 Å². The Labute approximate surface area is 138 Å². The average Bonchev–Trinajstić information content (AvgIpc) is 2.89. The van der Waals surface area contributed by atoms with E-state index < -0.39 is 0 Å². The molecule has 1 N–H and O–H groups in total. The topological polar surface area (TPSA) is 41.6 Å². The fourth-order valence-electron chi connectivity index (χ4n) is 3.52. The van der Waals surface area contributed by atoms with Gasteiger partial charge in [0.25, 0.3) is 5.91 Å². The maximum Gasteiger partial charge on any atom is 0.253 e. The highest BCUT2D eigenvalue weighted by Gasteiger charge is 2.37. The van der Waals surface area contributed by atoms with Crippen LogP contribution in [0.2, 0.25) is 0 Å². The molecule has 2 fully saturated rings. The number of amides is 1. The van der Waals surface area contributed by atoms with Gasteiger partial charge in [0.15, 0.2) is 0 Å². The van der Waals surface area contributed by atoms with Gasteiger partial charge in [-0.25, -0.2) is 0 Å². The summed E-state index contributed by atoms with van der Waals surface area (Å²) in [4.78, 5) is 14.6. The van der Waals surface area contributed by atoms with Gasteiger partial charge in [0, 0.05) is 31.6 Å². The fraction of sp³-hybridized carbons (Fsp3) is 0.588. The number of ether oxygens (including phenoxy) is 1. The first-order chi connectivity index (χ1) is 10.2. The van der Waals surface area contributed by atoms with Gasteiger partial charge in [0.05, 0.1) is 6.61 Å². The maximum atomic E-state index is 12.6. The van der Waals surface area contributed by atoms with Gasteiger partial charge in [-0.15, -0.1) is 12.4 Å². The van der Waals surface area contributed by atoms with E-state index in [2.05, 4.69) is 43.4 Å². The molecular formula is C17H25ClN2O2. The summed E-state index contributed by atoms with van der Waals surface area (Å²) in [7, 11) is 0. The highest BCUT2D eigenvalue weighted by Crippen LogP contribution is 2.33. The molecule has 0 aliphatic carbocycles. The number of carbonyl (C=O) groups is 1. The fourth-order valence-corrected chi connectivity index (χ4v) is 3.52. The van der Waals surface area contributed by atoms with Crippen molar-refractivity contribution in [2.75, 3.05) is 26.2 Å². The summed E-state index contributed by atoms with van der Waals surface area (Å²) >= 11 is 0. The molecule has 3 unspecified atom stereocenters. The molecule has 2 aliphatic heterocycles. The van der Waals surface area contributed by atoms with Crippen LogP contribution in [0.5, 0.6) is 0 Å². The quantitative estimate of drug-likeness (QED) is 0.906. The summed E-state index contributed by atoms with van der Waals surface area (Å²) < 4.78 is 5.61. The highest BCUT2D eigenvalue weighted by atomic mass is 35.5. The number of aryl methyl sites for hydroxylation is 1. The lowest BCUT2D eigenvalue weighted by Gasteiger charge is -2.29. The standard InChI is InChI=1S/C17H24N2O2.ClH/c1-12-5-3-4-6-15(12)14-9-13(2)19(11-14)17(20)16-10-18-7-8-21-16;/h3-6,13-14,16,18H,7-11H2,1-2H3;1H. The first-order valence-electron chi connectivity index (χ1n) is 7.85. The molecule has 2 aliphatic rings. The second kappa shape index (κ2) is 7.44. The summed E-state index contributed by atoms with van der Waals surface area (Å²) in [5.41, 5.74) is 2.70. The van der Waals surface area contributed by atoms with Gasteiger partial charge in [-0.1, -0.05) is 24.3 Å². The predicted molar refractivity (Wildman–Crippen MR) is 89.6 cm³/mol. The monoisotopic (exact) mass is 324 g/mol. The van der Waals surface area contributed by atoms with Crippen molar-refractivity contribution in [3.05, 3.63) is 35.4 Å². The molecule has 122 valence electrons. The Morgan fingerprint density at radius 1 is 1.36 bits per heavy atom. The molecule has 2 heterocycles. The Balaban J connectivity index is 0.00000176. The molecule has 0 saturated carbocycles. The molecule has 2 saturated heterocycles. The number of benzene rings is 1. The average molecular weight is 325 g/mol. The highest BCUT2D eigenvalue weighted by molar-refractivity contribution is 5.85. The normalized spacial score (nSPS) is 28.3. The van der Waals surface area contributed by atoms with Crippen molar-refractivity contribution >= 4 is 18.3 Å². The lowest BCUT2D eigenvalue weighted by molar-refractivity contribution is -0.145. The van der Waals surface area contributed by atoms with Gasteiger partial charge in [0.1, 0.15) is 6.10 Å². The van der Waals surface area contributed by atoms with Crippen molar-refractivity contribution in [1.82, 2.24) is 10.2 Å². The number of nitrogens with zero attached hydrogens (tertiary/aromatic N) is 1. The van der Waals surface area contributed by atoms with E-state index in [1.54, 1.807) is 0 Å². The summed E-state index contributed by atoms with van der Waals surface area (Å²) in [6, 6.07) is 8.79. The van der Waals surface area contributed by atoms with Gasteiger partial charge in [-0.05, 0) is 31.4 Å². The number of rotatable bonds is 2.